The number of nitrogens with zero attached hydrogens (tertiary/aromatic N) is 2. The van der Waals surface area contributed by atoms with E-state index in [9.17, 15) is 8.42 Å². The van der Waals surface area contributed by atoms with E-state index in [1.165, 1.54) is 7.11 Å². The standard InChI is InChI=1S/C23H21ClN2O5S/c1-16-3-10-20(11-4-16)32(27,28)26-22-12-9-19(29-2)15-21(22)23(25-26)31-14-13-30-18-7-5-17(24)6-8-18/h3-12,15H,13-14H2,1-2H3. The molecule has 3 aromatic carbocycles. The molecule has 0 amide bonds. The largest absolute Gasteiger partial charge is 0.497 e. The van der Waals surface area contributed by atoms with Crippen molar-refractivity contribution >= 4 is 32.5 Å². The summed E-state index contributed by atoms with van der Waals surface area (Å²) in [5.74, 6) is 1.39. The van der Waals surface area contributed by atoms with E-state index in [4.69, 9.17) is 25.8 Å². The molecule has 166 valence electrons. The second-order valence-corrected chi connectivity index (χ2v) is 9.20. The van der Waals surface area contributed by atoms with Gasteiger partial charge >= 0.3 is 0 Å². The van der Waals surface area contributed by atoms with Crippen LogP contribution in [0.25, 0.3) is 10.9 Å². The molecular weight excluding hydrogens is 452 g/mol. The molecule has 4 rings (SSSR count). The second-order valence-electron chi connectivity index (χ2n) is 7.00. The molecule has 0 atom stereocenters. The third-order valence-corrected chi connectivity index (χ3v) is 6.63. The van der Waals surface area contributed by atoms with Crippen molar-refractivity contribution in [3.05, 3.63) is 77.3 Å². The lowest BCUT2D eigenvalue weighted by Crippen LogP contribution is -2.15. The lowest BCUT2D eigenvalue weighted by Gasteiger charge is -2.07. The van der Waals surface area contributed by atoms with Crippen LogP contribution in [-0.4, -0.2) is 37.9 Å². The Morgan fingerprint density at radius 1 is 0.906 bits per heavy atom. The zero-order valence-electron chi connectivity index (χ0n) is 17.5. The van der Waals surface area contributed by atoms with E-state index < -0.39 is 10.0 Å². The minimum Gasteiger partial charge on any atom is -0.497 e. The second kappa shape index (κ2) is 9.10. The van der Waals surface area contributed by atoms with Gasteiger partial charge in [-0.15, -0.1) is 9.19 Å². The topological polar surface area (TPSA) is 79.7 Å². The smallest absolute Gasteiger partial charge is 0.283 e. The van der Waals surface area contributed by atoms with E-state index >= 15 is 0 Å². The first-order valence-electron chi connectivity index (χ1n) is 9.78. The van der Waals surface area contributed by atoms with Crippen molar-refractivity contribution in [1.29, 1.82) is 0 Å². The maximum absolute atomic E-state index is 13.2. The van der Waals surface area contributed by atoms with Gasteiger partial charge in [-0.2, -0.15) is 8.42 Å². The van der Waals surface area contributed by atoms with Crippen LogP contribution < -0.4 is 14.2 Å². The van der Waals surface area contributed by atoms with Crippen molar-refractivity contribution in [2.75, 3.05) is 20.3 Å². The Hall–Kier alpha value is -3.23. The van der Waals surface area contributed by atoms with Crippen LogP contribution in [0.1, 0.15) is 5.56 Å². The van der Waals surface area contributed by atoms with Gasteiger partial charge in [-0.1, -0.05) is 29.3 Å². The summed E-state index contributed by atoms with van der Waals surface area (Å²) in [4.78, 5) is 0.140. The Kier molecular flexibility index (Phi) is 6.25. The highest BCUT2D eigenvalue weighted by Crippen LogP contribution is 2.31. The SMILES string of the molecule is COc1ccc2c(c1)c(OCCOc1ccc(Cl)cc1)nn2S(=O)(=O)c1ccc(C)cc1. The molecule has 0 fully saturated rings. The lowest BCUT2D eigenvalue weighted by molar-refractivity contribution is 0.213. The van der Waals surface area contributed by atoms with Gasteiger partial charge in [-0.3, -0.25) is 0 Å². The number of aryl methyl sites for hydroxylation is 1. The number of hydrogen-bond acceptors (Lipinski definition) is 6. The number of ether oxygens (including phenoxy) is 3. The summed E-state index contributed by atoms with van der Waals surface area (Å²) in [6, 6.07) is 18.6. The molecule has 32 heavy (non-hydrogen) atoms. The summed E-state index contributed by atoms with van der Waals surface area (Å²) in [5.41, 5.74) is 1.35. The Morgan fingerprint density at radius 3 is 2.25 bits per heavy atom. The molecule has 7 nitrogen and oxygen atoms in total. The zero-order chi connectivity index (χ0) is 22.7. The fourth-order valence-corrected chi connectivity index (χ4v) is 4.50. The molecule has 0 aliphatic heterocycles. The molecule has 0 saturated heterocycles. The molecule has 9 heteroatoms. The van der Waals surface area contributed by atoms with Crippen LogP contribution in [0.15, 0.2) is 71.6 Å². The van der Waals surface area contributed by atoms with Crippen LogP contribution in [0.3, 0.4) is 0 Å². The third-order valence-electron chi connectivity index (χ3n) is 4.77. The van der Waals surface area contributed by atoms with Crippen molar-refractivity contribution in [2.45, 2.75) is 11.8 Å². The van der Waals surface area contributed by atoms with Gasteiger partial charge in [0.15, 0.2) is 0 Å². The van der Waals surface area contributed by atoms with Gasteiger partial charge in [0.05, 0.1) is 22.9 Å². The van der Waals surface area contributed by atoms with Gasteiger partial charge in [0, 0.05) is 5.02 Å². The molecule has 0 aliphatic rings. The van der Waals surface area contributed by atoms with Gasteiger partial charge in [0.25, 0.3) is 10.0 Å². The molecule has 1 aromatic heterocycles. The summed E-state index contributed by atoms with van der Waals surface area (Å²) in [7, 11) is -2.38. The summed E-state index contributed by atoms with van der Waals surface area (Å²) in [5, 5.41) is 5.41. The highest BCUT2D eigenvalue weighted by molar-refractivity contribution is 7.90. The highest BCUT2D eigenvalue weighted by Gasteiger charge is 2.24. The number of halogens is 1. The Labute approximate surface area is 191 Å². The minimum atomic E-state index is -3.92. The number of hydrogen-bond donors (Lipinski definition) is 0. The Balaban J connectivity index is 1.62. The van der Waals surface area contributed by atoms with Gasteiger partial charge in [-0.25, -0.2) is 0 Å². The minimum absolute atomic E-state index is 0.140. The van der Waals surface area contributed by atoms with Gasteiger partial charge in [0.1, 0.15) is 24.7 Å². The van der Waals surface area contributed by atoms with Crippen LogP contribution in [0.4, 0.5) is 0 Å². The van der Waals surface area contributed by atoms with E-state index in [1.807, 2.05) is 6.92 Å². The average molecular weight is 473 g/mol. The Morgan fingerprint density at radius 2 is 1.56 bits per heavy atom. The average Bonchev–Trinajstić information content (AvgIpc) is 3.17. The molecule has 4 aromatic rings. The quantitative estimate of drug-likeness (QED) is 0.346. The molecule has 0 saturated carbocycles. The fourth-order valence-electron chi connectivity index (χ4n) is 3.10. The third kappa shape index (κ3) is 4.51. The first-order chi connectivity index (χ1) is 15.4. The summed E-state index contributed by atoms with van der Waals surface area (Å²) in [6.07, 6.45) is 0. The summed E-state index contributed by atoms with van der Waals surface area (Å²) < 4.78 is 44.2. The van der Waals surface area contributed by atoms with Crippen molar-refractivity contribution in [3.8, 4) is 17.4 Å². The van der Waals surface area contributed by atoms with Crippen molar-refractivity contribution in [3.63, 3.8) is 0 Å². The van der Waals surface area contributed by atoms with Crippen LogP contribution in [0.5, 0.6) is 17.4 Å². The van der Waals surface area contributed by atoms with E-state index in [2.05, 4.69) is 5.10 Å². The van der Waals surface area contributed by atoms with Gasteiger partial charge in [0.2, 0.25) is 5.88 Å². The van der Waals surface area contributed by atoms with Crippen LogP contribution >= 0.6 is 11.6 Å². The predicted molar refractivity (Wildman–Crippen MR) is 122 cm³/mol. The number of fused-ring (bicyclic) bond motifs is 1. The molecule has 0 aliphatic carbocycles. The highest BCUT2D eigenvalue weighted by atomic mass is 35.5. The monoisotopic (exact) mass is 472 g/mol. The predicted octanol–water partition coefficient (Wildman–Crippen LogP) is 4.70. The van der Waals surface area contributed by atoms with E-state index in [-0.39, 0.29) is 24.0 Å². The molecule has 0 radical (unpaired) electrons. The van der Waals surface area contributed by atoms with Crippen molar-refractivity contribution < 1.29 is 22.6 Å². The van der Waals surface area contributed by atoms with Crippen molar-refractivity contribution in [2.24, 2.45) is 0 Å². The number of rotatable bonds is 8. The number of aromatic nitrogens is 2. The zero-order valence-corrected chi connectivity index (χ0v) is 19.1. The fraction of sp³-hybridized carbons (Fsp3) is 0.174. The van der Waals surface area contributed by atoms with Crippen LogP contribution in [0.2, 0.25) is 5.02 Å². The first-order valence-corrected chi connectivity index (χ1v) is 11.6. The van der Waals surface area contributed by atoms with Crippen molar-refractivity contribution in [1.82, 2.24) is 9.19 Å². The maximum atomic E-state index is 13.2. The van der Waals surface area contributed by atoms with E-state index in [1.54, 1.807) is 66.7 Å². The first kappa shape index (κ1) is 22.0. The molecule has 1 heterocycles. The van der Waals surface area contributed by atoms with Crippen LogP contribution in [0, 0.1) is 6.92 Å². The number of methoxy groups -OCH3 is 1. The molecule has 0 unspecified atom stereocenters. The molecule has 0 spiro atoms. The normalized spacial score (nSPS) is 11.5. The van der Waals surface area contributed by atoms with Gasteiger partial charge < -0.3 is 14.2 Å². The van der Waals surface area contributed by atoms with Crippen LogP contribution in [-0.2, 0) is 10.0 Å². The number of benzene rings is 3. The molecular formula is C23H21ClN2O5S. The molecule has 0 N–H and O–H groups in total. The lowest BCUT2D eigenvalue weighted by atomic mass is 10.2. The van der Waals surface area contributed by atoms with E-state index in [0.29, 0.717) is 27.4 Å². The maximum Gasteiger partial charge on any atom is 0.283 e. The Bertz CT molecular complexity index is 1330. The van der Waals surface area contributed by atoms with Gasteiger partial charge in [-0.05, 0) is 61.5 Å². The molecule has 0 bridgehead atoms. The van der Waals surface area contributed by atoms with E-state index in [0.717, 1.165) is 9.65 Å². The summed E-state index contributed by atoms with van der Waals surface area (Å²) >= 11 is 5.87. The summed E-state index contributed by atoms with van der Waals surface area (Å²) in [6.45, 7) is 2.30.